The molecule has 6 heteroatoms. The van der Waals surface area contributed by atoms with Gasteiger partial charge in [0.15, 0.2) is 0 Å². The molecule has 0 bridgehead atoms. The average molecular weight is 378 g/mol. The number of aryl methyl sites for hydroxylation is 2. The molecule has 0 spiro atoms. The van der Waals surface area contributed by atoms with Crippen LogP contribution in [0.3, 0.4) is 0 Å². The van der Waals surface area contributed by atoms with Crippen LogP contribution in [0.1, 0.15) is 35.6 Å². The Morgan fingerprint density at radius 1 is 1.07 bits per heavy atom. The van der Waals surface area contributed by atoms with Gasteiger partial charge >= 0.3 is 5.97 Å². The van der Waals surface area contributed by atoms with Crippen molar-refractivity contribution in [2.75, 3.05) is 11.4 Å². The molecule has 2 atom stereocenters. The van der Waals surface area contributed by atoms with Crippen LogP contribution in [-0.2, 0) is 32.0 Å². The van der Waals surface area contributed by atoms with Gasteiger partial charge in [0.2, 0.25) is 12.0 Å². The molecule has 4 rings (SSSR count). The van der Waals surface area contributed by atoms with E-state index in [1.165, 1.54) is 11.1 Å². The average Bonchev–Trinajstić information content (AvgIpc) is 3.32. The first kappa shape index (κ1) is 18.2. The standard InChI is InChI=1S/C22H22N2O4/c23-21(26)20(15-5-2-1-3-6-15)28-22(27)17-12-19(25)24(13-17)18-10-9-14-7-4-8-16(14)11-18/h1-3,5-6,9-11,17,20H,4,7-8,12-13H2,(H2,23,26). The molecule has 0 radical (unpaired) electrons. The fraction of sp³-hybridized carbons (Fsp3) is 0.318. The van der Waals surface area contributed by atoms with Gasteiger partial charge in [0.1, 0.15) is 0 Å². The molecule has 6 nitrogen and oxygen atoms in total. The minimum Gasteiger partial charge on any atom is -0.447 e. The molecule has 1 fully saturated rings. The molecule has 2 unspecified atom stereocenters. The Bertz CT molecular complexity index is 925. The van der Waals surface area contributed by atoms with Crippen molar-refractivity contribution < 1.29 is 19.1 Å². The van der Waals surface area contributed by atoms with Gasteiger partial charge in [-0.15, -0.1) is 0 Å². The maximum Gasteiger partial charge on any atom is 0.312 e. The summed E-state index contributed by atoms with van der Waals surface area (Å²) in [7, 11) is 0. The Kier molecular flexibility index (Phi) is 4.86. The van der Waals surface area contributed by atoms with Gasteiger partial charge in [0, 0.05) is 24.2 Å². The number of anilines is 1. The first-order chi connectivity index (χ1) is 13.5. The van der Waals surface area contributed by atoms with Crippen LogP contribution in [0.25, 0.3) is 0 Å². The van der Waals surface area contributed by atoms with E-state index in [1.807, 2.05) is 12.1 Å². The second-order valence-electron chi connectivity index (χ2n) is 7.34. The number of fused-ring (bicyclic) bond motifs is 1. The van der Waals surface area contributed by atoms with Crippen molar-refractivity contribution in [1.82, 2.24) is 0 Å². The van der Waals surface area contributed by atoms with E-state index in [1.54, 1.807) is 35.2 Å². The van der Waals surface area contributed by atoms with Crippen molar-refractivity contribution in [1.29, 1.82) is 0 Å². The van der Waals surface area contributed by atoms with Crippen LogP contribution >= 0.6 is 0 Å². The topological polar surface area (TPSA) is 89.7 Å². The second kappa shape index (κ2) is 7.46. The molecule has 1 aliphatic heterocycles. The minimum atomic E-state index is -1.15. The van der Waals surface area contributed by atoms with E-state index in [0.717, 1.165) is 24.9 Å². The maximum atomic E-state index is 12.6. The van der Waals surface area contributed by atoms with Crippen LogP contribution in [0.15, 0.2) is 48.5 Å². The number of hydrogen-bond donors (Lipinski definition) is 1. The van der Waals surface area contributed by atoms with E-state index < -0.39 is 23.9 Å². The summed E-state index contributed by atoms with van der Waals surface area (Å²) in [5.41, 5.74) is 9.36. The summed E-state index contributed by atoms with van der Waals surface area (Å²) >= 11 is 0. The van der Waals surface area contributed by atoms with Crippen LogP contribution in [-0.4, -0.2) is 24.3 Å². The number of esters is 1. The van der Waals surface area contributed by atoms with Crippen LogP contribution in [0, 0.1) is 5.92 Å². The number of rotatable bonds is 5. The highest BCUT2D eigenvalue weighted by molar-refractivity contribution is 6.00. The predicted molar refractivity (Wildman–Crippen MR) is 103 cm³/mol. The number of nitrogens with zero attached hydrogens (tertiary/aromatic N) is 1. The first-order valence-corrected chi connectivity index (χ1v) is 9.50. The predicted octanol–water partition coefficient (Wildman–Crippen LogP) is 2.30. The SMILES string of the molecule is NC(=O)C(OC(=O)C1CC(=O)N(c2ccc3c(c2)CCC3)C1)c1ccccc1. The van der Waals surface area contributed by atoms with E-state index in [0.29, 0.717) is 5.56 Å². The number of amides is 2. The summed E-state index contributed by atoms with van der Waals surface area (Å²) in [5, 5.41) is 0. The van der Waals surface area contributed by atoms with Crippen LogP contribution in [0.5, 0.6) is 0 Å². The molecule has 1 saturated heterocycles. The van der Waals surface area contributed by atoms with Crippen LogP contribution in [0.2, 0.25) is 0 Å². The van der Waals surface area contributed by atoms with Gasteiger partial charge in [-0.1, -0.05) is 36.4 Å². The van der Waals surface area contributed by atoms with Crippen molar-refractivity contribution in [3.8, 4) is 0 Å². The van der Waals surface area contributed by atoms with Crippen molar-refractivity contribution in [3.63, 3.8) is 0 Å². The number of carbonyl (C=O) groups excluding carboxylic acids is 3. The third-order valence-electron chi connectivity index (χ3n) is 5.45. The molecule has 1 aliphatic carbocycles. The summed E-state index contributed by atoms with van der Waals surface area (Å²) in [5.74, 6) is -2.05. The van der Waals surface area contributed by atoms with Crippen molar-refractivity contribution in [3.05, 3.63) is 65.2 Å². The Balaban J connectivity index is 1.47. The smallest absolute Gasteiger partial charge is 0.312 e. The molecule has 1 heterocycles. The maximum absolute atomic E-state index is 12.6. The quantitative estimate of drug-likeness (QED) is 0.809. The highest BCUT2D eigenvalue weighted by atomic mass is 16.5. The summed E-state index contributed by atoms with van der Waals surface area (Å²) in [4.78, 5) is 38.5. The number of benzene rings is 2. The number of ether oxygens (including phenoxy) is 1. The van der Waals surface area contributed by atoms with Gasteiger partial charge in [-0.3, -0.25) is 14.4 Å². The summed E-state index contributed by atoms with van der Waals surface area (Å²) < 4.78 is 5.40. The van der Waals surface area contributed by atoms with E-state index in [-0.39, 0.29) is 18.9 Å². The zero-order chi connectivity index (χ0) is 19.7. The lowest BCUT2D eigenvalue weighted by molar-refractivity contribution is -0.159. The minimum absolute atomic E-state index is 0.0657. The Labute approximate surface area is 163 Å². The normalized spacial score (nSPS) is 19.4. The lowest BCUT2D eigenvalue weighted by Crippen LogP contribution is -2.30. The van der Waals surface area contributed by atoms with Gasteiger partial charge in [-0.05, 0) is 42.5 Å². The summed E-state index contributed by atoms with van der Waals surface area (Å²) in [6.07, 6.45) is 2.14. The van der Waals surface area contributed by atoms with E-state index in [9.17, 15) is 14.4 Å². The number of nitrogens with two attached hydrogens (primary N) is 1. The van der Waals surface area contributed by atoms with Gasteiger partial charge in [-0.2, -0.15) is 0 Å². The lowest BCUT2D eigenvalue weighted by Gasteiger charge is -2.19. The summed E-state index contributed by atoms with van der Waals surface area (Å²) in [6, 6.07) is 14.7. The van der Waals surface area contributed by atoms with Crippen LogP contribution in [0.4, 0.5) is 5.69 Å². The molecule has 144 valence electrons. The largest absolute Gasteiger partial charge is 0.447 e. The van der Waals surface area contributed by atoms with Crippen molar-refractivity contribution >= 4 is 23.5 Å². The first-order valence-electron chi connectivity index (χ1n) is 9.50. The highest BCUT2D eigenvalue weighted by Crippen LogP contribution is 2.31. The molecular formula is C22H22N2O4. The summed E-state index contributed by atoms with van der Waals surface area (Å²) in [6.45, 7) is 0.247. The van der Waals surface area contributed by atoms with Gasteiger partial charge < -0.3 is 15.4 Å². The molecule has 2 aromatic carbocycles. The number of hydrogen-bond acceptors (Lipinski definition) is 4. The zero-order valence-corrected chi connectivity index (χ0v) is 15.5. The Morgan fingerprint density at radius 2 is 1.82 bits per heavy atom. The van der Waals surface area contributed by atoms with Gasteiger partial charge in [0.25, 0.3) is 5.91 Å². The molecule has 2 aromatic rings. The van der Waals surface area contributed by atoms with Gasteiger partial charge in [0.05, 0.1) is 5.92 Å². The van der Waals surface area contributed by atoms with E-state index in [4.69, 9.17) is 10.5 Å². The van der Waals surface area contributed by atoms with Crippen molar-refractivity contribution in [2.24, 2.45) is 11.7 Å². The zero-order valence-electron chi connectivity index (χ0n) is 15.5. The Hall–Kier alpha value is -3.15. The number of primary amides is 1. The Morgan fingerprint density at radius 3 is 2.57 bits per heavy atom. The molecular weight excluding hydrogens is 356 g/mol. The fourth-order valence-corrected chi connectivity index (χ4v) is 3.97. The fourth-order valence-electron chi connectivity index (χ4n) is 3.97. The van der Waals surface area contributed by atoms with Gasteiger partial charge in [-0.25, -0.2) is 0 Å². The van der Waals surface area contributed by atoms with E-state index in [2.05, 4.69) is 6.07 Å². The third kappa shape index (κ3) is 3.50. The molecule has 2 aliphatic rings. The lowest BCUT2D eigenvalue weighted by atomic mass is 10.1. The number of carbonyl (C=O) groups is 3. The molecule has 2 N–H and O–H groups in total. The monoisotopic (exact) mass is 378 g/mol. The highest BCUT2D eigenvalue weighted by Gasteiger charge is 2.38. The molecule has 0 saturated carbocycles. The molecule has 2 amide bonds. The second-order valence-corrected chi connectivity index (χ2v) is 7.34. The van der Waals surface area contributed by atoms with Crippen LogP contribution < -0.4 is 10.6 Å². The van der Waals surface area contributed by atoms with E-state index >= 15 is 0 Å². The van der Waals surface area contributed by atoms with Crippen molar-refractivity contribution in [2.45, 2.75) is 31.8 Å². The molecule has 0 aromatic heterocycles. The molecule has 28 heavy (non-hydrogen) atoms. The third-order valence-corrected chi connectivity index (χ3v) is 5.45.